The minimum absolute atomic E-state index is 0. The summed E-state index contributed by atoms with van der Waals surface area (Å²) in [5.41, 5.74) is 2.17. The number of benzene rings is 4. The first-order chi connectivity index (χ1) is 34.2. The van der Waals surface area contributed by atoms with Crippen LogP contribution in [0.15, 0.2) is 110 Å². The third-order valence-corrected chi connectivity index (χ3v) is 15.6. The van der Waals surface area contributed by atoms with Crippen LogP contribution >= 0.6 is 38.6 Å². The lowest BCUT2D eigenvalue weighted by atomic mass is 9.80. The molecule has 0 spiro atoms. The van der Waals surface area contributed by atoms with E-state index >= 15 is 0 Å². The number of rotatable bonds is 14. The number of nitrogens with zero attached hydrogens (tertiary/aromatic N) is 4. The van der Waals surface area contributed by atoms with E-state index in [1.54, 1.807) is 29.0 Å². The van der Waals surface area contributed by atoms with Gasteiger partial charge < -0.3 is 50.3 Å². The number of nitrogens with one attached hydrogen (secondary N) is 4. The Morgan fingerprint density at radius 1 is 0.630 bits per heavy atom. The standard InChI is InChI=1S/C22H22N4O6S2.C14H15BrN4O4S2.C8H9BO4.CH4/c1-26(2)34(29,30)16-5-3-4-15(10-16)21(28)23-12-20(27)25-22-24-17(13-33-22)14-6-7-18-19(11-14)32-9-8-31-18;1-19(2)25(22,23)10-5-3-4-9(6-10)13(21)16-7-12(20)18-14-17-11(15)8-24-14;10-9(11)6-1-2-7-8(5-6)13-4-3-12-7;/h3-7,10-11,13H,8-9,12H2,1-2H3,(H,23,28)(H,24,25,27);3-6,8H,7H2,1-2H3,(H,16,21)(H,17,18,20);1-2,5,10-11H,3-4H2;1H4. The molecule has 28 heteroatoms. The van der Waals surface area contributed by atoms with Gasteiger partial charge in [0, 0.05) is 55.6 Å². The number of amides is 4. The van der Waals surface area contributed by atoms with Gasteiger partial charge in [-0.1, -0.05) is 25.6 Å². The monoisotopic (exact) mass is 1140 g/mol. The van der Waals surface area contributed by atoms with E-state index in [-0.39, 0.29) is 41.4 Å². The molecule has 73 heavy (non-hydrogen) atoms. The normalized spacial score (nSPS) is 12.4. The molecule has 0 aliphatic carbocycles. The van der Waals surface area contributed by atoms with Crippen molar-refractivity contribution in [3.05, 3.63) is 111 Å². The number of fused-ring (bicyclic) bond motifs is 2. The van der Waals surface area contributed by atoms with Crippen molar-refractivity contribution in [3.8, 4) is 34.3 Å². The fourth-order valence-corrected chi connectivity index (χ4v) is 9.86. The van der Waals surface area contributed by atoms with E-state index in [1.807, 2.05) is 18.2 Å². The summed E-state index contributed by atoms with van der Waals surface area (Å²) < 4.78 is 73.1. The second-order valence-electron chi connectivity index (χ2n) is 15.2. The largest absolute Gasteiger partial charge is 0.488 e. The molecule has 0 unspecified atom stereocenters. The van der Waals surface area contributed by atoms with Crippen LogP contribution in [0, 0.1) is 0 Å². The molecule has 0 atom stereocenters. The van der Waals surface area contributed by atoms with Gasteiger partial charge in [0.25, 0.3) is 11.8 Å². The Morgan fingerprint density at radius 2 is 1.08 bits per heavy atom. The zero-order chi connectivity index (χ0) is 52.2. The van der Waals surface area contributed by atoms with E-state index in [1.165, 1.54) is 99.4 Å². The summed E-state index contributed by atoms with van der Waals surface area (Å²) in [5.74, 6) is 0.522. The molecular formula is C45H50BBrN8O14S4. The fraction of sp³-hybridized carbons (Fsp3) is 0.244. The minimum atomic E-state index is -3.68. The number of halogens is 1. The molecule has 4 heterocycles. The van der Waals surface area contributed by atoms with E-state index in [4.69, 9.17) is 29.0 Å². The molecule has 388 valence electrons. The Balaban J connectivity index is 0.000000221. The molecule has 8 rings (SSSR count). The second-order valence-corrected chi connectivity index (χ2v) is 22.1. The minimum Gasteiger partial charge on any atom is -0.486 e. The van der Waals surface area contributed by atoms with Crippen molar-refractivity contribution in [3.63, 3.8) is 0 Å². The highest BCUT2D eigenvalue weighted by atomic mass is 79.9. The Labute approximate surface area is 438 Å². The van der Waals surface area contributed by atoms with Crippen LogP contribution < -0.4 is 45.7 Å². The average Bonchev–Trinajstić information content (AvgIpc) is 4.02. The molecule has 2 aromatic heterocycles. The number of thiazole rings is 2. The molecular weight excluding hydrogens is 1100 g/mol. The lowest BCUT2D eigenvalue weighted by molar-refractivity contribution is -0.116. The first-order valence-corrected chi connectivity index (χ1v) is 26.6. The maximum atomic E-state index is 12.4. The number of hydrogen-bond donors (Lipinski definition) is 6. The van der Waals surface area contributed by atoms with E-state index in [2.05, 4.69) is 47.2 Å². The number of aromatic nitrogens is 2. The number of ether oxygens (including phenoxy) is 4. The molecule has 22 nitrogen and oxygen atoms in total. The van der Waals surface area contributed by atoms with Crippen LogP contribution in [0.2, 0.25) is 0 Å². The number of anilines is 2. The molecule has 0 fully saturated rings. The summed E-state index contributed by atoms with van der Waals surface area (Å²) >= 11 is 5.66. The van der Waals surface area contributed by atoms with Crippen LogP contribution in [0.3, 0.4) is 0 Å². The average molecular weight is 1150 g/mol. The van der Waals surface area contributed by atoms with Crippen molar-refractivity contribution in [2.75, 3.05) is 78.3 Å². The van der Waals surface area contributed by atoms with Crippen LogP contribution in [0.25, 0.3) is 11.3 Å². The van der Waals surface area contributed by atoms with Crippen LogP contribution in [0.5, 0.6) is 23.0 Å². The summed E-state index contributed by atoms with van der Waals surface area (Å²) in [4.78, 5) is 57.1. The van der Waals surface area contributed by atoms with Crippen molar-refractivity contribution in [1.82, 2.24) is 29.2 Å². The molecule has 0 saturated carbocycles. The van der Waals surface area contributed by atoms with Gasteiger partial charge in [-0.15, -0.1) is 22.7 Å². The Hall–Kier alpha value is -6.50. The van der Waals surface area contributed by atoms with Crippen LogP contribution in [-0.2, 0) is 29.6 Å². The zero-order valence-corrected chi connectivity index (χ0v) is 43.5. The molecule has 4 aromatic carbocycles. The summed E-state index contributed by atoms with van der Waals surface area (Å²) in [7, 11) is -3.15. The summed E-state index contributed by atoms with van der Waals surface area (Å²) in [6.45, 7) is 1.46. The molecule has 6 aromatic rings. The Morgan fingerprint density at radius 3 is 1.55 bits per heavy atom. The van der Waals surface area contributed by atoms with Crippen LogP contribution in [0.1, 0.15) is 28.1 Å². The first kappa shape index (κ1) is 57.4. The maximum absolute atomic E-state index is 12.4. The van der Waals surface area contributed by atoms with Crippen molar-refractivity contribution < 1.29 is 65.0 Å². The predicted octanol–water partition coefficient (Wildman–Crippen LogP) is 3.50. The van der Waals surface area contributed by atoms with Gasteiger partial charge in [0.1, 0.15) is 31.0 Å². The third kappa shape index (κ3) is 15.8. The Kier molecular flexibility index (Phi) is 20.4. The zero-order valence-electron chi connectivity index (χ0n) is 38.7. The quantitative estimate of drug-likeness (QED) is 0.0851. The molecule has 0 radical (unpaired) electrons. The molecule has 4 amide bonds. The lowest BCUT2D eigenvalue weighted by Gasteiger charge is -2.18. The Bertz CT molecular complexity index is 3160. The SMILES string of the molecule is C.CN(C)S(=O)(=O)c1cccc(C(=O)NCC(=O)Nc2nc(-c3ccc4c(c3)OCCO4)cs2)c1.CN(C)S(=O)(=O)c1cccc(C(=O)NCC(=O)Nc2nc(Br)cs2)c1.OB(O)c1ccc2c(c1)OCCO2. The molecule has 2 aliphatic rings. The van der Waals surface area contributed by atoms with E-state index in [9.17, 15) is 36.0 Å². The number of carbonyl (C=O) groups is 4. The van der Waals surface area contributed by atoms with Crippen molar-refractivity contribution in [1.29, 1.82) is 0 Å². The highest BCUT2D eigenvalue weighted by Crippen LogP contribution is 2.35. The van der Waals surface area contributed by atoms with Gasteiger partial charge in [-0.3, -0.25) is 19.2 Å². The van der Waals surface area contributed by atoms with Crippen molar-refractivity contribution >= 4 is 105 Å². The molecule has 0 bridgehead atoms. The summed E-state index contributed by atoms with van der Waals surface area (Å²) in [6, 6.07) is 21.6. The van der Waals surface area contributed by atoms with E-state index < -0.39 is 50.8 Å². The van der Waals surface area contributed by atoms with E-state index in [0.29, 0.717) is 75.4 Å². The highest BCUT2D eigenvalue weighted by molar-refractivity contribution is 9.10. The van der Waals surface area contributed by atoms with Crippen LogP contribution in [-0.4, -0.2) is 144 Å². The van der Waals surface area contributed by atoms with Gasteiger partial charge in [0.2, 0.25) is 31.9 Å². The molecule has 6 N–H and O–H groups in total. The topological polar surface area (TPSA) is 294 Å². The second kappa shape index (κ2) is 25.9. The van der Waals surface area contributed by atoms with Crippen molar-refractivity contribution in [2.45, 2.75) is 17.2 Å². The number of carbonyl (C=O) groups excluding carboxylic acids is 4. The highest BCUT2D eigenvalue weighted by Gasteiger charge is 2.22. The van der Waals surface area contributed by atoms with Gasteiger partial charge in [-0.05, 0) is 88.1 Å². The summed E-state index contributed by atoms with van der Waals surface area (Å²) in [6.07, 6.45) is 0. The van der Waals surface area contributed by atoms with E-state index in [0.717, 1.165) is 14.2 Å². The van der Waals surface area contributed by atoms with Crippen molar-refractivity contribution in [2.24, 2.45) is 0 Å². The third-order valence-electron chi connectivity index (χ3n) is 9.74. The van der Waals surface area contributed by atoms with Crippen LogP contribution in [0.4, 0.5) is 10.3 Å². The fourth-order valence-electron chi connectivity index (χ4n) is 6.07. The maximum Gasteiger partial charge on any atom is 0.488 e. The number of sulfonamides is 2. The number of hydrogen-bond acceptors (Lipinski definition) is 18. The van der Waals surface area contributed by atoms with Gasteiger partial charge in [-0.25, -0.2) is 35.4 Å². The van der Waals surface area contributed by atoms with Gasteiger partial charge in [0.15, 0.2) is 33.3 Å². The predicted molar refractivity (Wildman–Crippen MR) is 279 cm³/mol. The molecule has 0 saturated heterocycles. The van der Waals surface area contributed by atoms with Gasteiger partial charge in [0.05, 0.1) is 28.6 Å². The van der Waals surface area contributed by atoms with Gasteiger partial charge in [-0.2, -0.15) is 0 Å². The smallest absolute Gasteiger partial charge is 0.486 e. The first-order valence-electron chi connectivity index (χ1n) is 21.1. The summed E-state index contributed by atoms with van der Waals surface area (Å²) in [5, 5.41) is 32.2. The molecule has 2 aliphatic heterocycles. The lowest BCUT2D eigenvalue weighted by Crippen LogP contribution is -2.33. The van der Waals surface area contributed by atoms with Gasteiger partial charge >= 0.3 is 7.12 Å².